The van der Waals surface area contributed by atoms with Gasteiger partial charge in [0.15, 0.2) is 18.2 Å². The molecular formula is C18H26N4O5. The Labute approximate surface area is 158 Å². The normalized spacial score (nSPS) is 21.8. The van der Waals surface area contributed by atoms with Crippen LogP contribution >= 0.6 is 0 Å². The number of nitrogens with one attached hydrogen (secondary N) is 3. The van der Waals surface area contributed by atoms with Gasteiger partial charge in [0.05, 0.1) is 24.9 Å². The van der Waals surface area contributed by atoms with Crippen molar-refractivity contribution in [3.05, 3.63) is 17.8 Å². The topological polar surface area (TPSA) is 111 Å². The lowest BCUT2D eigenvalue weighted by molar-refractivity contribution is -0.118. The predicted octanol–water partition coefficient (Wildman–Crippen LogP) is 1.04. The maximum absolute atomic E-state index is 12.0. The second-order valence-electron chi connectivity index (χ2n) is 7.67. The molecule has 0 saturated carbocycles. The molecule has 9 nitrogen and oxygen atoms in total. The highest BCUT2D eigenvalue weighted by atomic mass is 16.6. The fraction of sp³-hybridized carbons (Fsp3) is 0.611. The summed E-state index contributed by atoms with van der Waals surface area (Å²) in [5.41, 5.74) is 0.254. The number of fused-ring (bicyclic) bond motifs is 1. The zero-order valence-corrected chi connectivity index (χ0v) is 15.8. The molecule has 0 bridgehead atoms. The van der Waals surface area contributed by atoms with E-state index >= 15 is 0 Å². The Morgan fingerprint density at radius 1 is 1.37 bits per heavy atom. The van der Waals surface area contributed by atoms with Gasteiger partial charge >= 0.3 is 6.09 Å². The number of rotatable bonds is 5. The van der Waals surface area contributed by atoms with Crippen LogP contribution in [0.4, 0.5) is 10.6 Å². The number of carbonyl (C=O) groups is 2. The average molecular weight is 378 g/mol. The number of aromatic nitrogens is 1. The average Bonchev–Trinajstić information content (AvgIpc) is 2.99. The van der Waals surface area contributed by atoms with Gasteiger partial charge < -0.3 is 30.2 Å². The van der Waals surface area contributed by atoms with E-state index in [1.54, 1.807) is 6.07 Å². The standard InChI is InChI=1S/C18H26N4O5/c1-18(2,3)27-17(24)21-13-9-25-8-11(13)6-19-7-12-4-5-14-16(20-12)22-15(23)10-26-14/h4-5,11,13,19H,6-10H2,1-3H3,(H,21,24)(H,20,22,23)/t11-,13-/m0/s1. The van der Waals surface area contributed by atoms with E-state index in [2.05, 4.69) is 20.9 Å². The van der Waals surface area contributed by atoms with E-state index in [1.165, 1.54) is 0 Å². The van der Waals surface area contributed by atoms with Gasteiger partial charge in [-0.1, -0.05) is 0 Å². The molecule has 27 heavy (non-hydrogen) atoms. The molecule has 0 spiro atoms. The molecule has 148 valence electrons. The Hall–Kier alpha value is -2.39. The summed E-state index contributed by atoms with van der Waals surface area (Å²) in [5, 5.41) is 8.89. The molecule has 1 saturated heterocycles. The number of hydrogen-bond donors (Lipinski definition) is 3. The van der Waals surface area contributed by atoms with Crippen molar-refractivity contribution < 1.29 is 23.8 Å². The fourth-order valence-corrected chi connectivity index (χ4v) is 2.91. The van der Waals surface area contributed by atoms with Crippen molar-refractivity contribution in [2.75, 3.05) is 31.7 Å². The number of nitrogens with zero attached hydrogens (tertiary/aromatic N) is 1. The first-order chi connectivity index (χ1) is 12.8. The Bertz CT molecular complexity index is 703. The second-order valence-corrected chi connectivity index (χ2v) is 7.67. The summed E-state index contributed by atoms with van der Waals surface area (Å²) >= 11 is 0. The van der Waals surface area contributed by atoms with E-state index in [-0.39, 0.29) is 24.5 Å². The Balaban J connectivity index is 1.47. The predicted molar refractivity (Wildman–Crippen MR) is 97.5 cm³/mol. The molecule has 0 aliphatic carbocycles. The van der Waals surface area contributed by atoms with Gasteiger partial charge in [0.25, 0.3) is 5.91 Å². The highest BCUT2D eigenvalue weighted by molar-refractivity contribution is 5.94. The van der Waals surface area contributed by atoms with Crippen molar-refractivity contribution in [1.82, 2.24) is 15.6 Å². The maximum Gasteiger partial charge on any atom is 0.407 e. The van der Waals surface area contributed by atoms with Gasteiger partial charge in [-0.05, 0) is 32.9 Å². The minimum absolute atomic E-state index is 0.0139. The first-order valence-electron chi connectivity index (χ1n) is 9.01. The zero-order chi connectivity index (χ0) is 19.4. The lowest BCUT2D eigenvalue weighted by Crippen LogP contribution is -2.45. The van der Waals surface area contributed by atoms with Gasteiger partial charge in [-0.3, -0.25) is 4.79 Å². The van der Waals surface area contributed by atoms with Crippen LogP contribution in [0.1, 0.15) is 26.5 Å². The van der Waals surface area contributed by atoms with Gasteiger partial charge in [-0.25, -0.2) is 9.78 Å². The molecule has 2 aliphatic heterocycles. The Morgan fingerprint density at radius 3 is 2.96 bits per heavy atom. The quantitative estimate of drug-likeness (QED) is 0.702. The molecule has 1 aromatic rings. The Morgan fingerprint density at radius 2 is 2.19 bits per heavy atom. The third-order valence-electron chi connectivity index (χ3n) is 4.15. The number of hydrogen-bond acceptors (Lipinski definition) is 7. The van der Waals surface area contributed by atoms with Gasteiger partial charge in [0.2, 0.25) is 0 Å². The molecule has 9 heteroatoms. The number of amides is 2. The summed E-state index contributed by atoms with van der Waals surface area (Å²) in [6.07, 6.45) is -0.435. The van der Waals surface area contributed by atoms with Crippen LogP contribution in [0.25, 0.3) is 0 Å². The molecule has 0 aromatic carbocycles. The zero-order valence-electron chi connectivity index (χ0n) is 15.8. The third kappa shape index (κ3) is 5.54. The smallest absolute Gasteiger partial charge is 0.407 e. The minimum atomic E-state index is -0.533. The summed E-state index contributed by atoms with van der Waals surface area (Å²) in [6, 6.07) is 3.55. The Kier molecular flexibility index (Phi) is 5.81. The van der Waals surface area contributed by atoms with E-state index in [0.717, 1.165) is 5.69 Å². The second kappa shape index (κ2) is 8.10. The summed E-state index contributed by atoms with van der Waals surface area (Å²) < 4.78 is 16.1. The molecule has 2 atom stereocenters. The van der Waals surface area contributed by atoms with Crippen molar-refractivity contribution in [2.45, 2.75) is 39.0 Å². The summed E-state index contributed by atoms with van der Waals surface area (Å²) in [4.78, 5) is 27.7. The van der Waals surface area contributed by atoms with Gasteiger partial charge in [-0.15, -0.1) is 0 Å². The summed E-state index contributed by atoms with van der Waals surface area (Å²) in [6.45, 7) is 7.71. The largest absolute Gasteiger partial charge is 0.480 e. The molecule has 3 heterocycles. The number of anilines is 1. The third-order valence-corrected chi connectivity index (χ3v) is 4.15. The summed E-state index contributed by atoms with van der Waals surface area (Å²) in [7, 11) is 0. The van der Waals surface area contributed by atoms with Crippen molar-refractivity contribution in [2.24, 2.45) is 5.92 Å². The van der Waals surface area contributed by atoms with Crippen molar-refractivity contribution in [3.63, 3.8) is 0 Å². The van der Waals surface area contributed by atoms with Gasteiger partial charge in [0, 0.05) is 19.0 Å². The maximum atomic E-state index is 12.0. The first-order valence-corrected chi connectivity index (χ1v) is 9.01. The van der Waals surface area contributed by atoms with Crippen LogP contribution in [-0.4, -0.2) is 55.0 Å². The van der Waals surface area contributed by atoms with Crippen LogP contribution in [-0.2, 0) is 20.8 Å². The van der Waals surface area contributed by atoms with E-state index < -0.39 is 11.7 Å². The SMILES string of the molecule is CC(C)(C)OC(=O)N[C@H]1COC[C@@H]1CNCc1ccc2c(n1)NC(=O)CO2. The summed E-state index contributed by atoms with van der Waals surface area (Å²) in [5.74, 6) is 0.945. The molecule has 1 aromatic heterocycles. The van der Waals surface area contributed by atoms with Crippen LogP contribution in [0.5, 0.6) is 5.75 Å². The minimum Gasteiger partial charge on any atom is -0.480 e. The molecule has 2 amide bonds. The van der Waals surface area contributed by atoms with Crippen molar-refractivity contribution in [1.29, 1.82) is 0 Å². The monoisotopic (exact) mass is 378 g/mol. The van der Waals surface area contributed by atoms with Crippen LogP contribution in [0.3, 0.4) is 0 Å². The molecular weight excluding hydrogens is 352 g/mol. The van der Waals surface area contributed by atoms with Crippen LogP contribution in [0, 0.1) is 5.92 Å². The van der Waals surface area contributed by atoms with Gasteiger partial charge in [0.1, 0.15) is 5.60 Å². The number of alkyl carbamates (subject to hydrolysis) is 1. The molecule has 0 radical (unpaired) electrons. The van der Waals surface area contributed by atoms with Crippen LogP contribution in [0.2, 0.25) is 0 Å². The van der Waals surface area contributed by atoms with Crippen LogP contribution in [0.15, 0.2) is 12.1 Å². The first kappa shape index (κ1) is 19.4. The van der Waals surface area contributed by atoms with E-state index in [9.17, 15) is 9.59 Å². The number of pyridine rings is 1. The molecule has 3 N–H and O–H groups in total. The lowest BCUT2D eigenvalue weighted by atomic mass is 10.0. The van der Waals surface area contributed by atoms with Gasteiger partial charge in [-0.2, -0.15) is 0 Å². The van der Waals surface area contributed by atoms with Crippen molar-refractivity contribution >= 4 is 17.8 Å². The van der Waals surface area contributed by atoms with E-state index in [0.29, 0.717) is 37.9 Å². The highest BCUT2D eigenvalue weighted by Crippen LogP contribution is 2.25. The number of carbonyl (C=O) groups excluding carboxylic acids is 2. The van der Waals surface area contributed by atoms with Crippen molar-refractivity contribution in [3.8, 4) is 5.75 Å². The molecule has 3 rings (SSSR count). The highest BCUT2D eigenvalue weighted by Gasteiger charge is 2.30. The molecule has 2 aliphatic rings. The lowest BCUT2D eigenvalue weighted by Gasteiger charge is -2.24. The molecule has 1 fully saturated rings. The van der Waals surface area contributed by atoms with E-state index in [1.807, 2.05) is 26.8 Å². The van der Waals surface area contributed by atoms with Crippen LogP contribution < -0.4 is 20.7 Å². The van der Waals surface area contributed by atoms with E-state index in [4.69, 9.17) is 14.2 Å². The molecule has 0 unspecified atom stereocenters. The fourth-order valence-electron chi connectivity index (χ4n) is 2.91. The number of ether oxygens (including phenoxy) is 3.